The summed E-state index contributed by atoms with van der Waals surface area (Å²) in [7, 11) is 0. The monoisotopic (exact) mass is 400 g/mol. The Balaban J connectivity index is 2.11. The molecule has 1 atom stereocenters. The molecular formula is C18H22F6O3. The molecule has 9 heteroatoms. The Kier molecular flexibility index (Phi) is 4.65. The molecule has 1 N–H and O–H groups in total. The Morgan fingerprint density at radius 2 is 1.37 bits per heavy atom. The minimum Gasteiger partial charge on any atom is -0.455 e. The van der Waals surface area contributed by atoms with Gasteiger partial charge < -0.3 is 9.84 Å². The van der Waals surface area contributed by atoms with Gasteiger partial charge in [-0.15, -0.1) is 0 Å². The van der Waals surface area contributed by atoms with Crippen LogP contribution in [0.3, 0.4) is 0 Å². The van der Waals surface area contributed by atoms with Crippen molar-refractivity contribution in [2.45, 2.75) is 69.5 Å². The van der Waals surface area contributed by atoms with Crippen LogP contribution in [0.5, 0.6) is 0 Å². The van der Waals surface area contributed by atoms with Crippen LogP contribution >= 0.6 is 0 Å². The van der Waals surface area contributed by atoms with Crippen LogP contribution in [0.4, 0.5) is 26.3 Å². The highest BCUT2D eigenvalue weighted by molar-refractivity contribution is 5.87. The van der Waals surface area contributed by atoms with Gasteiger partial charge in [0.2, 0.25) is 0 Å². The Labute approximate surface area is 152 Å². The summed E-state index contributed by atoms with van der Waals surface area (Å²) in [5.41, 5.74) is -6.99. The summed E-state index contributed by atoms with van der Waals surface area (Å²) in [6.45, 7) is 4.38. The van der Waals surface area contributed by atoms with Gasteiger partial charge in [-0.3, -0.25) is 0 Å². The van der Waals surface area contributed by atoms with E-state index in [1.54, 1.807) is 0 Å². The zero-order valence-electron chi connectivity index (χ0n) is 14.8. The molecule has 0 amide bonds. The van der Waals surface area contributed by atoms with Gasteiger partial charge in [0.1, 0.15) is 0 Å². The Morgan fingerprint density at radius 3 is 1.67 bits per heavy atom. The Hall–Kier alpha value is -1.25. The van der Waals surface area contributed by atoms with Crippen molar-refractivity contribution >= 4 is 5.97 Å². The first-order valence-electron chi connectivity index (χ1n) is 8.92. The zero-order valence-corrected chi connectivity index (χ0v) is 14.8. The van der Waals surface area contributed by atoms with Gasteiger partial charge >= 0.3 is 18.3 Å². The van der Waals surface area contributed by atoms with Crippen molar-refractivity contribution < 1.29 is 41.0 Å². The average molecular weight is 400 g/mol. The third kappa shape index (κ3) is 3.15. The van der Waals surface area contributed by atoms with Gasteiger partial charge in [0.05, 0.1) is 0 Å². The number of carbonyl (C=O) groups excluding carboxylic acids is 1. The lowest BCUT2D eigenvalue weighted by Gasteiger charge is -2.60. The lowest BCUT2D eigenvalue weighted by Crippen LogP contribution is -2.71. The van der Waals surface area contributed by atoms with E-state index in [2.05, 4.69) is 6.58 Å². The Bertz CT molecular complexity index is 587. The number of hydrogen-bond donors (Lipinski definition) is 1. The van der Waals surface area contributed by atoms with Crippen molar-refractivity contribution in [3.63, 3.8) is 0 Å². The summed E-state index contributed by atoms with van der Waals surface area (Å²) in [6.07, 6.45) is -12.3. The summed E-state index contributed by atoms with van der Waals surface area (Å²) in [5, 5.41) is 10.1. The van der Waals surface area contributed by atoms with Crippen LogP contribution < -0.4 is 0 Å². The predicted octanol–water partition coefficient (Wildman–Crippen LogP) is 4.55. The molecule has 0 saturated heterocycles. The molecule has 4 aliphatic rings. The minimum atomic E-state index is -6.05. The van der Waals surface area contributed by atoms with Gasteiger partial charge in [0.15, 0.2) is 6.10 Å². The van der Waals surface area contributed by atoms with Crippen molar-refractivity contribution in [1.29, 1.82) is 0 Å². The average Bonchev–Trinajstić information content (AvgIpc) is 2.47. The molecule has 1 unspecified atom stereocenters. The molecule has 0 radical (unpaired) electrons. The van der Waals surface area contributed by atoms with E-state index in [-0.39, 0.29) is 42.6 Å². The van der Waals surface area contributed by atoms with E-state index >= 15 is 0 Å². The number of alkyl halides is 6. The summed E-state index contributed by atoms with van der Waals surface area (Å²) in [4.78, 5) is 12.0. The standard InChI is InChI=1S/C18H22F6O3/c1-9(2)13(25)27-14(16(26,17(19,20)21)18(22,23)24)15-6-10-3-11(7-15)5-12(4-10)8-15/h10-12,14,26H,1,3-8H2,2H3. The SMILES string of the molecule is C=C(C)C(=O)OC(C12CC3CC(CC(C3)C1)C2)C(O)(C(F)(F)F)C(F)(F)F. The first-order chi connectivity index (χ1) is 12.2. The second kappa shape index (κ2) is 6.12. The van der Waals surface area contributed by atoms with Gasteiger partial charge in [0.25, 0.3) is 5.60 Å². The van der Waals surface area contributed by atoms with Crippen molar-refractivity contribution in [3.8, 4) is 0 Å². The quantitative estimate of drug-likeness (QED) is 0.428. The molecule has 4 bridgehead atoms. The van der Waals surface area contributed by atoms with Crippen LogP contribution in [0.2, 0.25) is 0 Å². The molecular weight excluding hydrogens is 378 g/mol. The molecule has 0 spiro atoms. The highest BCUT2D eigenvalue weighted by Crippen LogP contribution is 2.65. The van der Waals surface area contributed by atoms with Crippen molar-refractivity contribution in [1.82, 2.24) is 0 Å². The fourth-order valence-electron chi connectivity index (χ4n) is 5.82. The third-order valence-electron chi connectivity index (χ3n) is 6.46. The summed E-state index contributed by atoms with van der Waals surface area (Å²) < 4.78 is 86.4. The molecule has 4 saturated carbocycles. The first kappa shape index (κ1) is 20.5. The van der Waals surface area contributed by atoms with Crippen molar-refractivity contribution in [3.05, 3.63) is 12.2 Å². The number of esters is 1. The van der Waals surface area contributed by atoms with Gasteiger partial charge in [-0.1, -0.05) is 6.58 Å². The second-order valence-corrected chi connectivity index (χ2v) is 8.61. The first-order valence-corrected chi connectivity index (χ1v) is 8.92. The lowest BCUT2D eigenvalue weighted by molar-refractivity contribution is -0.406. The van der Waals surface area contributed by atoms with E-state index in [1.807, 2.05) is 0 Å². The molecule has 0 aromatic rings. The van der Waals surface area contributed by atoms with Crippen LogP contribution in [0.25, 0.3) is 0 Å². The number of carbonyl (C=O) groups is 1. The van der Waals surface area contributed by atoms with E-state index in [1.165, 1.54) is 0 Å². The third-order valence-corrected chi connectivity index (χ3v) is 6.46. The van der Waals surface area contributed by atoms with Crippen LogP contribution in [0, 0.1) is 23.2 Å². The van der Waals surface area contributed by atoms with E-state index in [9.17, 15) is 36.2 Å². The van der Waals surface area contributed by atoms with E-state index in [0.29, 0.717) is 0 Å². The molecule has 4 fully saturated rings. The largest absolute Gasteiger partial charge is 0.455 e. The number of rotatable bonds is 4. The second-order valence-electron chi connectivity index (χ2n) is 8.61. The molecule has 4 aliphatic carbocycles. The minimum absolute atomic E-state index is 0.00648. The fourth-order valence-corrected chi connectivity index (χ4v) is 5.82. The summed E-state index contributed by atoms with van der Waals surface area (Å²) >= 11 is 0. The molecule has 0 aliphatic heterocycles. The summed E-state index contributed by atoms with van der Waals surface area (Å²) in [6, 6.07) is 0. The van der Waals surface area contributed by atoms with Crippen LogP contribution in [-0.2, 0) is 9.53 Å². The molecule has 0 aromatic heterocycles. The number of halogens is 6. The van der Waals surface area contributed by atoms with E-state index < -0.39 is 35.4 Å². The van der Waals surface area contributed by atoms with Gasteiger partial charge in [-0.2, -0.15) is 26.3 Å². The van der Waals surface area contributed by atoms with Crippen molar-refractivity contribution in [2.75, 3.05) is 0 Å². The smallest absolute Gasteiger partial charge is 0.430 e. The van der Waals surface area contributed by atoms with Crippen molar-refractivity contribution in [2.24, 2.45) is 23.2 Å². The lowest BCUT2D eigenvalue weighted by atomic mass is 9.46. The van der Waals surface area contributed by atoms with Crippen LogP contribution in [0.1, 0.15) is 45.4 Å². The highest BCUT2D eigenvalue weighted by atomic mass is 19.4. The van der Waals surface area contributed by atoms with Gasteiger partial charge in [-0.25, -0.2) is 4.79 Å². The molecule has 0 heterocycles. The van der Waals surface area contributed by atoms with Gasteiger partial charge in [-0.05, 0) is 63.2 Å². The fraction of sp³-hybridized carbons (Fsp3) is 0.833. The zero-order chi connectivity index (χ0) is 20.4. The van der Waals surface area contributed by atoms with Gasteiger partial charge in [0, 0.05) is 11.0 Å². The maximum Gasteiger partial charge on any atom is 0.430 e. The maximum absolute atomic E-state index is 13.6. The topological polar surface area (TPSA) is 46.5 Å². The molecule has 4 rings (SSSR count). The normalized spacial score (nSPS) is 34.4. The molecule has 3 nitrogen and oxygen atoms in total. The number of aliphatic hydroxyl groups is 1. The number of ether oxygens (including phenoxy) is 1. The number of hydrogen-bond acceptors (Lipinski definition) is 3. The van der Waals surface area contributed by atoms with E-state index in [0.717, 1.165) is 26.2 Å². The molecule has 0 aromatic carbocycles. The highest BCUT2D eigenvalue weighted by Gasteiger charge is 2.79. The van der Waals surface area contributed by atoms with Crippen LogP contribution in [-0.4, -0.2) is 35.1 Å². The molecule has 154 valence electrons. The molecule has 27 heavy (non-hydrogen) atoms. The summed E-state index contributed by atoms with van der Waals surface area (Å²) in [5.74, 6) is -1.38. The predicted molar refractivity (Wildman–Crippen MR) is 82.4 cm³/mol. The Morgan fingerprint density at radius 1 is 1.00 bits per heavy atom. The van der Waals surface area contributed by atoms with E-state index in [4.69, 9.17) is 4.74 Å². The van der Waals surface area contributed by atoms with Crippen LogP contribution in [0.15, 0.2) is 12.2 Å². The maximum atomic E-state index is 13.6.